The number of imide groups is 1. The van der Waals surface area contributed by atoms with Crippen LogP contribution >= 0.6 is 15.6 Å². The summed E-state index contributed by atoms with van der Waals surface area (Å²) in [5.74, 6) is -0.391. The number of amides is 3. The molecule has 3 amide bonds. The third-order valence-corrected chi connectivity index (χ3v) is 6.93. The van der Waals surface area contributed by atoms with Gasteiger partial charge in [-0.3, -0.25) is 24.1 Å². The van der Waals surface area contributed by atoms with Crippen LogP contribution in [0.4, 0.5) is 4.79 Å². The SMILES string of the molecule is O=C1CCN([C@@H]2O[C@H](CO)[C@@H](O)[C@H]2O)C(=O)N1.O=C[C@H](O)[C@@H](O)[C@H](O)[C@@H](CO)OP(=O)([O-])OP(=O)([O-])O.[Na+].[Na+]. The van der Waals surface area contributed by atoms with E-state index in [0.29, 0.717) is 0 Å². The van der Waals surface area contributed by atoms with E-state index in [2.05, 4.69) is 14.2 Å². The van der Waals surface area contributed by atoms with Crippen molar-refractivity contribution < 1.29 is 147 Å². The molecule has 216 valence electrons. The number of hydrogen-bond acceptors (Lipinski definition) is 17. The molecule has 0 aromatic heterocycles. The fourth-order valence-corrected chi connectivity index (χ4v) is 4.66. The summed E-state index contributed by atoms with van der Waals surface area (Å²) in [5.41, 5.74) is 0. The molecule has 0 radical (unpaired) electrons. The Hall–Kier alpha value is 0.550. The number of aldehydes is 1. The molecule has 0 bridgehead atoms. The van der Waals surface area contributed by atoms with E-state index in [9.17, 15) is 53.7 Å². The van der Waals surface area contributed by atoms with Gasteiger partial charge in [0.2, 0.25) is 5.91 Å². The van der Waals surface area contributed by atoms with Gasteiger partial charge in [-0.1, -0.05) is 0 Å². The number of phosphoric ester groups is 1. The van der Waals surface area contributed by atoms with Gasteiger partial charge in [0, 0.05) is 13.0 Å². The van der Waals surface area contributed by atoms with Crippen LogP contribution in [0.25, 0.3) is 0 Å². The number of carbonyl (C=O) groups excluding carboxylic acids is 3. The number of ether oxygens (including phenoxy) is 1. The number of urea groups is 1. The van der Waals surface area contributed by atoms with E-state index in [4.69, 9.17) is 24.9 Å². The molecule has 24 heteroatoms. The average Bonchev–Trinajstić information content (AvgIpc) is 3.08. The molecule has 2 unspecified atom stereocenters. The van der Waals surface area contributed by atoms with Gasteiger partial charge in [0.25, 0.3) is 15.6 Å². The third-order valence-electron chi connectivity index (χ3n) is 4.78. The second-order valence-electron chi connectivity index (χ2n) is 7.46. The van der Waals surface area contributed by atoms with Crippen molar-refractivity contribution in [3.8, 4) is 0 Å². The first kappa shape index (κ1) is 41.7. The molecule has 2 heterocycles. The van der Waals surface area contributed by atoms with Crippen LogP contribution in [0.15, 0.2) is 0 Å². The van der Waals surface area contributed by atoms with Gasteiger partial charge in [0.15, 0.2) is 12.5 Å². The second-order valence-corrected chi connectivity index (χ2v) is 10.2. The Morgan fingerprint density at radius 3 is 2.08 bits per heavy atom. The summed E-state index contributed by atoms with van der Waals surface area (Å²) in [4.78, 5) is 63.1. The Labute approximate surface area is 264 Å². The van der Waals surface area contributed by atoms with E-state index in [1.165, 1.54) is 0 Å². The van der Waals surface area contributed by atoms with Crippen LogP contribution in [0.3, 0.4) is 0 Å². The van der Waals surface area contributed by atoms with Crippen LogP contribution in [0.5, 0.6) is 0 Å². The standard InChI is InChI=1S/C9H14N2O6.C6H14O12P2.2Na/c12-3-4-6(14)7(15)8(17-4)11-2-1-5(13)10-9(11)16;7-1-3(9)5(10)6(11)4(2-8)17-20(15,16)18-19(12,13)14;;/h4,6-8,12,14-15H,1-3H2,(H,10,13,16);1,3-6,8-11H,2H2,(H,15,16)(H2,12,13,14);;/q;;2*+1/p-2/t4-,6-,7-,8-;3-,4+,5+,6+;;/m10../s1. The predicted molar refractivity (Wildman–Crippen MR) is 107 cm³/mol. The van der Waals surface area contributed by atoms with Crippen LogP contribution in [0.1, 0.15) is 6.42 Å². The Bertz CT molecular complexity index is 897. The molecule has 10 atom stereocenters. The van der Waals surface area contributed by atoms with E-state index >= 15 is 0 Å². The van der Waals surface area contributed by atoms with Crippen molar-refractivity contribution in [2.45, 2.75) is 55.4 Å². The largest absolute Gasteiger partial charge is 1.00 e. The van der Waals surface area contributed by atoms with Crippen molar-refractivity contribution in [2.24, 2.45) is 0 Å². The first-order valence-corrected chi connectivity index (χ1v) is 13.0. The van der Waals surface area contributed by atoms with Crippen LogP contribution in [0.2, 0.25) is 0 Å². The summed E-state index contributed by atoms with van der Waals surface area (Å²) in [5, 5.41) is 66.5. The maximum absolute atomic E-state index is 11.5. The summed E-state index contributed by atoms with van der Waals surface area (Å²) in [6, 6.07) is -0.670. The molecule has 0 aromatic carbocycles. The molecule has 20 nitrogen and oxygen atoms in total. The van der Waals surface area contributed by atoms with Gasteiger partial charge in [-0.05, 0) is 0 Å². The Balaban J connectivity index is 0. The van der Waals surface area contributed by atoms with Crippen molar-refractivity contribution in [1.29, 1.82) is 0 Å². The van der Waals surface area contributed by atoms with Crippen molar-refractivity contribution in [3.05, 3.63) is 0 Å². The molecular formula is C15H26N2Na2O18P2. The Morgan fingerprint density at radius 2 is 1.67 bits per heavy atom. The molecule has 2 aliphatic rings. The topological polar surface area (TPSA) is 336 Å². The zero-order valence-electron chi connectivity index (χ0n) is 20.5. The maximum atomic E-state index is 11.5. The van der Waals surface area contributed by atoms with E-state index in [-0.39, 0.29) is 78.4 Å². The van der Waals surface area contributed by atoms with E-state index in [1.54, 1.807) is 0 Å². The minimum absolute atomic E-state index is 0. The summed E-state index contributed by atoms with van der Waals surface area (Å²) >= 11 is 0. The summed E-state index contributed by atoms with van der Waals surface area (Å²) in [6.07, 6.45) is -13.4. The Morgan fingerprint density at radius 1 is 1.10 bits per heavy atom. The fraction of sp³-hybridized carbons (Fsp3) is 0.800. The van der Waals surface area contributed by atoms with Gasteiger partial charge in [-0.2, -0.15) is 0 Å². The van der Waals surface area contributed by atoms with E-state index < -0.39 is 89.8 Å². The van der Waals surface area contributed by atoms with Gasteiger partial charge in [0.1, 0.15) is 42.7 Å². The van der Waals surface area contributed by atoms with Crippen LogP contribution in [-0.2, 0) is 32.3 Å². The fourth-order valence-electron chi connectivity index (χ4n) is 2.98. The minimum atomic E-state index is -5.71. The van der Waals surface area contributed by atoms with Crippen molar-refractivity contribution in [1.82, 2.24) is 10.2 Å². The number of carbonyl (C=O) groups is 3. The van der Waals surface area contributed by atoms with Gasteiger partial charge >= 0.3 is 65.1 Å². The summed E-state index contributed by atoms with van der Waals surface area (Å²) in [6.45, 7) is -1.60. The van der Waals surface area contributed by atoms with Crippen molar-refractivity contribution in [2.75, 3.05) is 19.8 Å². The molecule has 0 aliphatic carbocycles. The Kier molecular flexibility index (Phi) is 19.5. The number of nitrogens with zero attached hydrogens (tertiary/aromatic N) is 1. The van der Waals surface area contributed by atoms with Gasteiger partial charge in [-0.15, -0.1) is 0 Å². The predicted octanol–water partition coefficient (Wildman–Crippen LogP) is -13.0. The van der Waals surface area contributed by atoms with Crippen LogP contribution < -0.4 is 74.2 Å². The molecule has 0 spiro atoms. The minimum Gasteiger partial charge on any atom is -0.756 e. The smallest absolute Gasteiger partial charge is 0.756 e. The molecule has 0 saturated carbocycles. The molecule has 2 fully saturated rings. The molecule has 2 aliphatic heterocycles. The second kappa shape index (κ2) is 18.3. The van der Waals surface area contributed by atoms with Crippen molar-refractivity contribution in [3.63, 3.8) is 0 Å². The number of hydrogen-bond donors (Lipinski definition) is 9. The first-order valence-electron chi connectivity index (χ1n) is 10.1. The van der Waals surface area contributed by atoms with Crippen molar-refractivity contribution >= 4 is 33.9 Å². The van der Waals surface area contributed by atoms with Gasteiger partial charge < -0.3 is 64.5 Å². The number of aliphatic hydroxyl groups excluding tert-OH is 7. The summed E-state index contributed by atoms with van der Waals surface area (Å²) < 4.78 is 33.5. The quantitative estimate of drug-likeness (QED) is 0.0581. The van der Waals surface area contributed by atoms with E-state index in [1.807, 2.05) is 0 Å². The molecule has 39 heavy (non-hydrogen) atoms. The molecule has 0 aromatic rings. The zero-order chi connectivity index (χ0) is 28.7. The van der Waals surface area contributed by atoms with Gasteiger partial charge in [0.05, 0.1) is 13.2 Å². The first-order chi connectivity index (χ1) is 17.0. The molecule has 2 saturated heterocycles. The zero-order valence-corrected chi connectivity index (χ0v) is 26.3. The molecule has 9 N–H and O–H groups in total. The van der Waals surface area contributed by atoms with Gasteiger partial charge in [-0.25, -0.2) is 9.11 Å². The number of rotatable bonds is 11. The number of phosphoric acid groups is 2. The normalized spacial score (nSPS) is 29.0. The monoisotopic (exact) mass is 630 g/mol. The summed E-state index contributed by atoms with van der Waals surface area (Å²) in [7, 11) is -11.4. The van der Waals surface area contributed by atoms with Crippen LogP contribution in [-0.4, -0.2) is 132 Å². The third kappa shape index (κ3) is 13.2. The maximum Gasteiger partial charge on any atom is 1.00 e. The van der Waals surface area contributed by atoms with E-state index in [0.717, 1.165) is 4.90 Å². The van der Waals surface area contributed by atoms with Crippen LogP contribution in [0, 0.1) is 0 Å². The molecule has 2 rings (SSSR count). The number of nitrogens with one attached hydrogen (secondary N) is 1. The molecular weight excluding hydrogens is 604 g/mol. The number of aliphatic hydroxyl groups is 7. The average molecular weight is 630 g/mol.